The van der Waals surface area contributed by atoms with Crippen LogP contribution >= 0.6 is 0 Å². The molecule has 0 bridgehead atoms. The molecule has 0 atom stereocenters. The van der Waals surface area contributed by atoms with Crippen molar-refractivity contribution in [2.45, 2.75) is 38.7 Å². The molecule has 1 aromatic carbocycles. The number of hydrogen-bond acceptors (Lipinski definition) is 5. The number of aliphatic hydroxyl groups is 1. The number of hydrogen-bond donors (Lipinski definition) is 2. The van der Waals surface area contributed by atoms with Crippen molar-refractivity contribution in [2.75, 3.05) is 18.4 Å². The van der Waals surface area contributed by atoms with Crippen LogP contribution in [0.4, 0.5) is 5.95 Å². The zero-order valence-electron chi connectivity index (χ0n) is 15.7. The van der Waals surface area contributed by atoms with Crippen molar-refractivity contribution in [3.8, 4) is 0 Å². The summed E-state index contributed by atoms with van der Waals surface area (Å²) >= 11 is 0. The van der Waals surface area contributed by atoms with Crippen LogP contribution < -0.4 is 5.32 Å². The average Bonchev–Trinajstić information content (AvgIpc) is 3.02. The van der Waals surface area contributed by atoms with Gasteiger partial charge >= 0.3 is 0 Å². The van der Waals surface area contributed by atoms with E-state index in [1.54, 1.807) is 11.7 Å². The monoisotopic (exact) mass is 371 g/mol. The summed E-state index contributed by atoms with van der Waals surface area (Å²) in [7, 11) is 1.75. The van der Waals surface area contributed by atoms with Gasteiger partial charge in [-0.05, 0) is 24.0 Å². The summed E-state index contributed by atoms with van der Waals surface area (Å²) < 4.78 is 1.57. The topological polar surface area (TPSA) is 100 Å². The van der Waals surface area contributed by atoms with Gasteiger partial charge in [-0.1, -0.05) is 24.3 Å². The summed E-state index contributed by atoms with van der Waals surface area (Å²) in [6.07, 6.45) is 1.88. The van der Waals surface area contributed by atoms with E-state index in [1.807, 2.05) is 29.2 Å². The lowest BCUT2D eigenvalue weighted by Gasteiger charge is -2.31. The smallest absolute Gasteiger partial charge is 0.227 e. The molecule has 0 saturated carbocycles. The fourth-order valence-corrected chi connectivity index (χ4v) is 3.39. The third-order valence-electron chi connectivity index (χ3n) is 4.91. The number of benzene rings is 1. The van der Waals surface area contributed by atoms with Crippen LogP contribution in [0.3, 0.4) is 0 Å². The van der Waals surface area contributed by atoms with Crippen LogP contribution in [0, 0.1) is 0 Å². The molecule has 8 heteroatoms. The maximum absolute atomic E-state index is 12.6. The van der Waals surface area contributed by atoms with E-state index in [9.17, 15) is 14.7 Å². The van der Waals surface area contributed by atoms with E-state index in [4.69, 9.17) is 0 Å². The Balaban J connectivity index is 1.58. The number of aliphatic hydroxyl groups excluding tert-OH is 1. The van der Waals surface area contributed by atoms with E-state index < -0.39 is 0 Å². The normalized spacial score (nSPS) is 15.0. The molecule has 3 rings (SSSR count). The Bertz CT molecular complexity index is 825. The number of aromatic nitrogens is 3. The molecule has 8 nitrogen and oxygen atoms in total. The van der Waals surface area contributed by atoms with Gasteiger partial charge in [-0.3, -0.25) is 14.9 Å². The summed E-state index contributed by atoms with van der Waals surface area (Å²) in [5.41, 5.74) is 1.67. The van der Waals surface area contributed by atoms with Gasteiger partial charge in [0.1, 0.15) is 0 Å². The van der Waals surface area contributed by atoms with Gasteiger partial charge < -0.3 is 10.0 Å². The Morgan fingerprint density at radius 3 is 2.52 bits per heavy atom. The molecule has 2 amide bonds. The van der Waals surface area contributed by atoms with Crippen molar-refractivity contribution in [3.05, 3.63) is 41.2 Å². The molecular weight excluding hydrogens is 346 g/mol. The largest absolute Gasteiger partial charge is 0.392 e. The van der Waals surface area contributed by atoms with Crippen molar-refractivity contribution >= 4 is 17.8 Å². The molecule has 1 fully saturated rings. The molecule has 1 aliphatic heterocycles. The highest BCUT2D eigenvalue weighted by Crippen LogP contribution is 2.27. The van der Waals surface area contributed by atoms with Crippen molar-refractivity contribution in [2.24, 2.45) is 7.05 Å². The fraction of sp³-hybridized carbons (Fsp3) is 0.474. The van der Waals surface area contributed by atoms with Crippen LogP contribution in [-0.4, -0.2) is 49.7 Å². The maximum atomic E-state index is 12.6. The molecule has 0 spiro atoms. The van der Waals surface area contributed by atoms with Crippen LogP contribution in [0.2, 0.25) is 0 Å². The Hall–Kier alpha value is -2.74. The Morgan fingerprint density at radius 1 is 1.22 bits per heavy atom. The second-order valence-electron chi connectivity index (χ2n) is 6.86. The molecule has 0 unspecified atom stereocenters. The van der Waals surface area contributed by atoms with Crippen molar-refractivity contribution < 1.29 is 14.7 Å². The predicted octanol–water partition coefficient (Wildman–Crippen LogP) is 1.21. The number of rotatable bonds is 5. The van der Waals surface area contributed by atoms with Gasteiger partial charge in [0.15, 0.2) is 5.82 Å². The third-order valence-corrected chi connectivity index (χ3v) is 4.91. The first-order valence-corrected chi connectivity index (χ1v) is 9.12. The van der Waals surface area contributed by atoms with E-state index in [0.29, 0.717) is 31.3 Å². The zero-order chi connectivity index (χ0) is 19.4. The molecule has 0 radical (unpaired) electrons. The molecule has 2 N–H and O–H groups in total. The van der Waals surface area contributed by atoms with Gasteiger partial charge in [-0.15, -0.1) is 0 Å². The van der Waals surface area contributed by atoms with Crippen molar-refractivity contribution in [1.82, 2.24) is 19.7 Å². The number of piperidine rings is 1. The summed E-state index contributed by atoms with van der Waals surface area (Å²) in [5, 5.41) is 16.5. The van der Waals surface area contributed by atoms with E-state index >= 15 is 0 Å². The minimum atomic E-state index is -0.180. The maximum Gasteiger partial charge on any atom is 0.227 e. The van der Waals surface area contributed by atoms with E-state index in [0.717, 1.165) is 24.0 Å². The molecule has 27 heavy (non-hydrogen) atoms. The first-order chi connectivity index (χ1) is 13.0. The number of nitrogens with zero attached hydrogens (tertiary/aromatic N) is 4. The lowest BCUT2D eigenvalue weighted by atomic mass is 9.95. The lowest BCUT2D eigenvalue weighted by molar-refractivity contribution is -0.131. The number of carbonyl (C=O) groups excluding carboxylic acids is 2. The van der Waals surface area contributed by atoms with Gasteiger partial charge in [-0.25, -0.2) is 4.68 Å². The first-order valence-electron chi connectivity index (χ1n) is 9.12. The van der Waals surface area contributed by atoms with Crippen LogP contribution in [0.1, 0.15) is 42.6 Å². The molecule has 144 valence electrons. The van der Waals surface area contributed by atoms with Gasteiger partial charge in [0.25, 0.3) is 0 Å². The summed E-state index contributed by atoms with van der Waals surface area (Å²) in [4.78, 5) is 30.1. The molecule has 0 aliphatic carbocycles. The highest BCUT2D eigenvalue weighted by molar-refractivity contribution is 5.86. The number of carbonyl (C=O) groups is 2. The quantitative estimate of drug-likeness (QED) is 0.823. The molecule has 1 saturated heterocycles. The van der Waals surface area contributed by atoms with Gasteiger partial charge in [0.2, 0.25) is 17.8 Å². The van der Waals surface area contributed by atoms with Crippen LogP contribution in [-0.2, 0) is 29.7 Å². The number of anilines is 1. The highest BCUT2D eigenvalue weighted by Gasteiger charge is 2.27. The second-order valence-corrected chi connectivity index (χ2v) is 6.86. The first kappa shape index (κ1) is 19.0. The zero-order valence-corrected chi connectivity index (χ0v) is 15.7. The lowest BCUT2D eigenvalue weighted by Crippen LogP contribution is -2.39. The minimum absolute atomic E-state index is 0.0620. The SMILES string of the molecule is CC(=O)Nc1nc(C2CCN(C(=O)Cc3ccccc3CO)CC2)nn1C. The highest BCUT2D eigenvalue weighted by atomic mass is 16.3. The molecular formula is C19H25N5O3. The Labute approximate surface area is 158 Å². The van der Waals surface area contributed by atoms with Crippen molar-refractivity contribution in [1.29, 1.82) is 0 Å². The van der Waals surface area contributed by atoms with Crippen LogP contribution in [0.25, 0.3) is 0 Å². The number of likely N-dealkylation sites (tertiary alicyclic amines) is 1. The molecule has 2 aromatic rings. The van der Waals surface area contributed by atoms with Crippen LogP contribution in [0.5, 0.6) is 0 Å². The second kappa shape index (κ2) is 8.30. The summed E-state index contributed by atoms with van der Waals surface area (Å²) in [6, 6.07) is 7.47. The predicted molar refractivity (Wildman–Crippen MR) is 99.9 cm³/mol. The molecule has 2 heterocycles. The Kier molecular flexibility index (Phi) is 5.85. The summed E-state index contributed by atoms with van der Waals surface area (Å²) in [6.45, 7) is 2.68. The van der Waals surface area contributed by atoms with E-state index in [1.165, 1.54) is 6.92 Å². The van der Waals surface area contributed by atoms with Crippen LogP contribution in [0.15, 0.2) is 24.3 Å². The number of aryl methyl sites for hydroxylation is 1. The Morgan fingerprint density at radius 2 is 1.89 bits per heavy atom. The minimum Gasteiger partial charge on any atom is -0.392 e. The summed E-state index contributed by atoms with van der Waals surface area (Å²) in [5.74, 6) is 1.21. The van der Waals surface area contributed by atoms with Gasteiger partial charge in [0, 0.05) is 33.0 Å². The number of nitrogens with one attached hydrogen (secondary N) is 1. The van der Waals surface area contributed by atoms with Gasteiger partial charge in [-0.2, -0.15) is 10.1 Å². The van der Waals surface area contributed by atoms with E-state index in [2.05, 4.69) is 15.4 Å². The fourth-order valence-electron chi connectivity index (χ4n) is 3.39. The number of amides is 2. The standard InChI is InChI=1S/C19H25N5O3/c1-13(26)20-19-21-18(22-23(19)2)14-7-9-24(10-8-14)17(27)11-15-5-3-4-6-16(15)12-25/h3-6,14,25H,7-12H2,1-2H3,(H,20,21,22,26). The molecule has 1 aromatic heterocycles. The van der Waals surface area contributed by atoms with E-state index in [-0.39, 0.29) is 24.3 Å². The molecule has 1 aliphatic rings. The third kappa shape index (κ3) is 4.51. The average molecular weight is 371 g/mol. The van der Waals surface area contributed by atoms with Gasteiger partial charge in [0.05, 0.1) is 13.0 Å². The van der Waals surface area contributed by atoms with Crippen molar-refractivity contribution in [3.63, 3.8) is 0 Å².